The molecule has 0 aliphatic carbocycles. The molecule has 200 valence electrons. The number of fused-ring (bicyclic) bond motifs is 5. The summed E-state index contributed by atoms with van der Waals surface area (Å²) in [5, 5.41) is 0.313. The molecule has 8 atom stereocenters. The summed E-state index contributed by atoms with van der Waals surface area (Å²) in [6.07, 6.45) is 0.824. The molecule has 3 aliphatic rings. The van der Waals surface area contributed by atoms with Gasteiger partial charge < -0.3 is 24.8 Å². The molecule has 3 unspecified atom stereocenters. The van der Waals surface area contributed by atoms with E-state index in [1.807, 2.05) is 0 Å². The zero-order valence-corrected chi connectivity index (χ0v) is 21.3. The van der Waals surface area contributed by atoms with E-state index in [-0.39, 0.29) is 24.4 Å². The minimum absolute atomic E-state index is 0.202. The molecule has 0 aromatic carbocycles. The first-order valence-corrected chi connectivity index (χ1v) is 14.6. The van der Waals surface area contributed by atoms with Crippen LogP contribution in [0.5, 0.6) is 0 Å². The van der Waals surface area contributed by atoms with Crippen LogP contribution in [0.1, 0.15) is 25.3 Å². The Morgan fingerprint density at radius 2 is 1.97 bits per heavy atom. The quantitative estimate of drug-likeness (QED) is 0.240. The van der Waals surface area contributed by atoms with Crippen LogP contribution in [0.15, 0.2) is 36.0 Å². The first-order valence-electron chi connectivity index (χ1n) is 11.9. The molecule has 7 heterocycles. The third kappa shape index (κ3) is 3.86. The lowest BCUT2D eigenvalue weighted by Crippen LogP contribution is -2.30. The number of ether oxygens (including phenoxy) is 2. The number of nitrogens with zero attached hydrogens (tertiary/aromatic N) is 6. The van der Waals surface area contributed by atoms with Gasteiger partial charge in [-0.2, -0.15) is 0 Å². The highest BCUT2D eigenvalue weighted by Gasteiger charge is 2.51. The molecule has 17 heteroatoms. The van der Waals surface area contributed by atoms with Crippen molar-refractivity contribution in [3.63, 3.8) is 0 Å². The molecule has 3 aliphatic heterocycles. The molecule has 3 fully saturated rings. The zero-order valence-electron chi connectivity index (χ0n) is 19.5. The monoisotopic (exact) mass is 564 g/mol. The van der Waals surface area contributed by atoms with E-state index in [0.717, 1.165) is 0 Å². The number of H-pyrrole nitrogens is 1. The van der Waals surface area contributed by atoms with E-state index in [9.17, 15) is 9.36 Å². The molecule has 3 saturated heterocycles. The van der Waals surface area contributed by atoms with Gasteiger partial charge in [0.05, 0.1) is 36.9 Å². The molecule has 0 spiro atoms. The van der Waals surface area contributed by atoms with Gasteiger partial charge in [0.25, 0.3) is 5.56 Å². The molecule has 0 amide bonds. The summed E-state index contributed by atoms with van der Waals surface area (Å²) in [6.45, 7) is -4.11. The number of aromatic amines is 1. The summed E-state index contributed by atoms with van der Waals surface area (Å²) < 4.78 is 56.1. The number of nitrogens with two attached hydrogens (primary N) is 1. The van der Waals surface area contributed by atoms with Crippen molar-refractivity contribution in [2.24, 2.45) is 5.92 Å². The Hall–Kier alpha value is -2.88. The van der Waals surface area contributed by atoms with Crippen LogP contribution in [-0.4, -0.2) is 65.1 Å². The SMILES string of the molecule is Nc1ncnc2c1ncn2[C@@H]1OC2CC3[C@@H](COP(=O)(S)O[C@@H]1C2)O[C@@H](n1ccc2c(=O)[nH]cnc21)[C@H]3F. The number of nitrogen functional groups attached to an aromatic ring is 1. The highest BCUT2D eigenvalue weighted by Crippen LogP contribution is 2.58. The third-order valence-electron chi connectivity index (χ3n) is 7.27. The van der Waals surface area contributed by atoms with Crippen LogP contribution in [0.2, 0.25) is 0 Å². The maximum Gasteiger partial charge on any atom is 0.386 e. The number of imidazole rings is 1. The van der Waals surface area contributed by atoms with Crippen LogP contribution in [0.3, 0.4) is 0 Å². The van der Waals surface area contributed by atoms with Gasteiger partial charge in [0.2, 0.25) is 0 Å². The van der Waals surface area contributed by atoms with Crippen LogP contribution in [0.4, 0.5) is 10.2 Å². The highest BCUT2D eigenvalue weighted by atomic mass is 32.7. The van der Waals surface area contributed by atoms with Crippen molar-refractivity contribution in [1.29, 1.82) is 0 Å². The molecular weight excluding hydrogens is 542 g/mol. The molecular formula is C21H22FN8O6PS. The Bertz CT molecular complexity index is 1650. The minimum Gasteiger partial charge on any atom is -0.382 e. The van der Waals surface area contributed by atoms with E-state index in [1.54, 1.807) is 16.8 Å². The Kier molecular flexibility index (Phi) is 5.62. The van der Waals surface area contributed by atoms with Crippen LogP contribution >= 0.6 is 19.0 Å². The fourth-order valence-corrected chi connectivity index (χ4v) is 7.05. The van der Waals surface area contributed by atoms with E-state index in [1.165, 1.54) is 23.5 Å². The number of nitrogens with one attached hydrogen (secondary N) is 1. The van der Waals surface area contributed by atoms with Gasteiger partial charge in [0, 0.05) is 18.5 Å². The fraction of sp³-hybridized carbons (Fsp3) is 0.476. The van der Waals surface area contributed by atoms with Gasteiger partial charge >= 0.3 is 6.80 Å². The number of thiol groups is 1. The molecule has 7 rings (SSSR count). The zero-order chi connectivity index (χ0) is 26.2. The van der Waals surface area contributed by atoms with Crippen molar-refractivity contribution in [3.8, 4) is 0 Å². The number of anilines is 1. The number of hydrogen-bond acceptors (Lipinski definition) is 11. The summed E-state index contributed by atoms with van der Waals surface area (Å²) in [7, 11) is 0. The molecule has 4 aromatic heterocycles. The summed E-state index contributed by atoms with van der Waals surface area (Å²) in [5.41, 5.74) is 6.67. The predicted octanol–water partition coefficient (Wildman–Crippen LogP) is 2.13. The van der Waals surface area contributed by atoms with E-state index >= 15 is 4.39 Å². The Balaban J connectivity index is 1.22. The lowest BCUT2D eigenvalue weighted by atomic mass is 9.91. The van der Waals surface area contributed by atoms with Crippen molar-refractivity contribution < 1.29 is 27.5 Å². The van der Waals surface area contributed by atoms with Gasteiger partial charge in [-0.25, -0.2) is 28.9 Å². The summed E-state index contributed by atoms with van der Waals surface area (Å²) in [4.78, 5) is 31.3. The van der Waals surface area contributed by atoms with Crippen LogP contribution in [0.25, 0.3) is 22.2 Å². The molecule has 3 N–H and O–H groups in total. The van der Waals surface area contributed by atoms with Crippen molar-refractivity contribution >= 4 is 47.1 Å². The molecule has 2 bridgehead atoms. The van der Waals surface area contributed by atoms with Gasteiger partial charge in [-0.1, -0.05) is 12.2 Å². The van der Waals surface area contributed by atoms with Gasteiger partial charge in [-0.05, 0) is 12.5 Å². The lowest BCUT2D eigenvalue weighted by Gasteiger charge is -2.25. The van der Waals surface area contributed by atoms with Crippen LogP contribution < -0.4 is 11.3 Å². The number of aromatic nitrogens is 7. The smallest absolute Gasteiger partial charge is 0.382 e. The second kappa shape index (κ2) is 8.83. The lowest BCUT2D eigenvalue weighted by molar-refractivity contribution is -0.0391. The summed E-state index contributed by atoms with van der Waals surface area (Å²) in [6, 6.07) is 1.56. The topological polar surface area (TPSA) is 174 Å². The van der Waals surface area contributed by atoms with Gasteiger partial charge in [0.1, 0.15) is 23.6 Å². The second-order valence-electron chi connectivity index (χ2n) is 9.48. The van der Waals surface area contributed by atoms with Gasteiger partial charge in [-0.3, -0.25) is 18.4 Å². The number of alkyl halides is 1. The van der Waals surface area contributed by atoms with Crippen molar-refractivity contribution in [3.05, 3.63) is 41.6 Å². The third-order valence-corrected chi connectivity index (χ3v) is 8.92. The van der Waals surface area contributed by atoms with Crippen molar-refractivity contribution in [1.82, 2.24) is 34.1 Å². The highest BCUT2D eigenvalue weighted by molar-refractivity contribution is 8.44. The minimum atomic E-state index is -3.90. The maximum atomic E-state index is 16.1. The Morgan fingerprint density at radius 3 is 2.84 bits per heavy atom. The van der Waals surface area contributed by atoms with Gasteiger partial charge in [0.15, 0.2) is 30.1 Å². The average molecular weight is 564 g/mol. The van der Waals surface area contributed by atoms with Gasteiger partial charge in [-0.15, -0.1) is 0 Å². The number of hydrogen-bond donors (Lipinski definition) is 3. The maximum absolute atomic E-state index is 16.1. The molecule has 14 nitrogen and oxygen atoms in total. The van der Waals surface area contributed by atoms with Crippen molar-refractivity contribution in [2.45, 2.75) is 49.8 Å². The second-order valence-corrected chi connectivity index (χ2v) is 12.4. The van der Waals surface area contributed by atoms with Crippen LogP contribution in [-0.2, 0) is 23.1 Å². The first-order chi connectivity index (χ1) is 18.3. The fourth-order valence-electron chi connectivity index (χ4n) is 5.56. The Morgan fingerprint density at radius 1 is 1.11 bits per heavy atom. The number of rotatable bonds is 2. The molecule has 4 aromatic rings. The summed E-state index contributed by atoms with van der Waals surface area (Å²) >= 11 is 4.15. The number of halogens is 1. The molecule has 0 saturated carbocycles. The standard InChI is InChI=1S/C21H22FN8O6PS/c22-14-11-3-9-4-12(20(34-9)30-8-28-15-16(23)24-6-26-18(15)30)36-37(32,38)33-5-13(11)35-21(14)29-2-1-10-17(29)25-7-27-19(10)31/h1-2,6-9,11-14,20-21H,3-5H2,(H,32,38)(H2,23,24,26)(H,25,27,31)/t9?,11?,12-,13-,14+,20-,21-,37?/m1/s1. The first kappa shape index (κ1) is 24.2. The van der Waals surface area contributed by atoms with E-state index in [2.05, 4.69) is 37.2 Å². The summed E-state index contributed by atoms with van der Waals surface area (Å²) in [5.74, 6) is -0.471. The molecule has 38 heavy (non-hydrogen) atoms. The van der Waals surface area contributed by atoms with Crippen molar-refractivity contribution in [2.75, 3.05) is 12.3 Å². The van der Waals surface area contributed by atoms with E-state index < -0.39 is 49.7 Å². The largest absolute Gasteiger partial charge is 0.386 e. The van der Waals surface area contributed by atoms with E-state index in [4.69, 9.17) is 24.3 Å². The Labute approximate surface area is 218 Å². The van der Waals surface area contributed by atoms with E-state index in [0.29, 0.717) is 28.6 Å². The van der Waals surface area contributed by atoms with Crippen LogP contribution in [0, 0.1) is 5.92 Å². The molecule has 0 radical (unpaired) electrons. The average Bonchev–Trinajstić information content (AvgIpc) is 3.64. The predicted molar refractivity (Wildman–Crippen MR) is 133 cm³/mol. The normalized spacial score (nSPS) is 35.6.